The second kappa shape index (κ2) is 7.13. The summed E-state index contributed by atoms with van der Waals surface area (Å²) in [6.07, 6.45) is 0. The molecule has 0 aliphatic rings. The maximum Gasteiger partial charge on any atom is 2.00 e. The molecule has 0 fully saturated rings. The Kier molecular flexibility index (Phi) is 6.10. The predicted molar refractivity (Wildman–Crippen MR) is 72.6 cm³/mol. The molecule has 2 aromatic carbocycles. The minimum atomic E-state index is -4.22. The van der Waals surface area contributed by atoms with Crippen LogP contribution >= 0.6 is 0 Å². The van der Waals surface area contributed by atoms with Crippen molar-refractivity contribution in [2.75, 3.05) is 0 Å². The average Bonchev–Trinajstić information content (AvgIpc) is 2.37. The molecule has 102 valence electrons. The van der Waals surface area contributed by atoms with E-state index in [0.29, 0.717) is 10.3 Å². The number of rotatable bonds is 3. The Hall–Kier alpha value is -0.776. The fraction of sp³-hybridized carbons (Fsp3) is 0.0769. The molecular formula is C13H11NiO3S2+. The largest absolute Gasteiger partial charge is 2.00 e. The quantitative estimate of drug-likeness (QED) is 0.638. The van der Waals surface area contributed by atoms with Crippen LogP contribution in [0.1, 0.15) is 5.56 Å². The number of hydrogen-bond acceptors (Lipinski definition) is 3. The first-order valence-corrected chi connectivity index (χ1v) is 8.20. The van der Waals surface area contributed by atoms with Crippen molar-refractivity contribution in [3.8, 4) is 11.1 Å². The first-order chi connectivity index (χ1) is 8.54. The minimum Gasteiger partial charge on any atom is -0.746 e. The molecule has 6 heteroatoms. The van der Waals surface area contributed by atoms with Gasteiger partial charge in [0.1, 0.15) is 0 Å². The molecule has 0 radical (unpaired) electrons. The molecule has 0 heterocycles. The van der Waals surface area contributed by atoms with E-state index in [0.717, 1.165) is 16.7 Å². The zero-order valence-electron chi connectivity index (χ0n) is 9.76. The Balaban J connectivity index is 0.00000180. The molecule has 0 amide bonds. The van der Waals surface area contributed by atoms with E-state index < -0.39 is 9.05 Å². The van der Waals surface area contributed by atoms with Crippen LogP contribution in [0.3, 0.4) is 0 Å². The smallest absolute Gasteiger partial charge is 0.746 e. The maximum atomic E-state index is 10.5. The zero-order chi connectivity index (χ0) is 13.0. The normalized spacial score (nSPS) is 10.6. The Morgan fingerprint density at radius 3 is 1.95 bits per heavy atom. The summed E-state index contributed by atoms with van der Waals surface area (Å²) in [5.41, 5.74) is 2.99. The summed E-state index contributed by atoms with van der Waals surface area (Å²) in [7, 11) is -3.81. The molecule has 3 nitrogen and oxygen atoms in total. The molecule has 0 bridgehead atoms. The molecule has 0 spiro atoms. The first kappa shape index (κ1) is 16.3. The van der Waals surface area contributed by atoms with E-state index >= 15 is 0 Å². The topological polar surface area (TPSA) is 63.2 Å². The summed E-state index contributed by atoms with van der Waals surface area (Å²) in [4.78, 5) is 0. The van der Waals surface area contributed by atoms with Crippen LogP contribution in [0.5, 0.6) is 0 Å². The molecule has 0 saturated carbocycles. The fourth-order valence-corrected chi connectivity index (χ4v) is 2.88. The third-order valence-electron chi connectivity index (χ3n) is 2.43. The summed E-state index contributed by atoms with van der Waals surface area (Å²) in [6.45, 7) is 0. The Morgan fingerprint density at radius 2 is 1.42 bits per heavy atom. The van der Waals surface area contributed by atoms with Gasteiger partial charge in [0.25, 0.3) is 0 Å². The summed E-state index contributed by atoms with van der Waals surface area (Å²) >= 11 is 0. The van der Waals surface area contributed by atoms with Crippen molar-refractivity contribution in [2.45, 2.75) is 5.75 Å². The van der Waals surface area contributed by atoms with E-state index in [1.807, 2.05) is 54.6 Å². The fourth-order valence-electron chi connectivity index (χ4n) is 1.56. The van der Waals surface area contributed by atoms with Gasteiger partial charge in [0.15, 0.2) is 0 Å². The van der Waals surface area contributed by atoms with Crippen molar-refractivity contribution in [1.29, 1.82) is 0 Å². The second-order valence-corrected chi connectivity index (χ2v) is 7.01. The van der Waals surface area contributed by atoms with Crippen LogP contribution in [0.2, 0.25) is 0 Å². The van der Waals surface area contributed by atoms with Gasteiger partial charge in [-0.15, -0.1) is 0 Å². The molecule has 0 atom stereocenters. The van der Waals surface area contributed by atoms with Gasteiger partial charge in [0.05, 0.1) is 9.05 Å². The van der Waals surface area contributed by atoms with Gasteiger partial charge >= 0.3 is 16.5 Å². The van der Waals surface area contributed by atoms with Crippen LogP contribution in [0.4, 0.5) is 0 Å². The Bertz CT molecular complexity index is 625. The van der Waals surface area contributed by atoms with E-state index in [1.165, 1.54) is 0 Å². The molecule has 2 rings (SSSR count). The van der Waals surface area contributed by atoms with Crippen LogP contribution in [-0.4, -0.2) is 13.3 Å². The van der Waals surface area contributed by atoms with Gasteiger partial charge in [-0.05, 0) is 11.1 Å². The zero-order valence-corrected chi connectivity index (χ0v) is 12.4. The van der Waals surface area contributed by atoms with Gasteiger partial charge < -0.3 is 9.11 Å². The van der Waals surface area contributed by atoms with Crippen LogP contribution < -0.4 is 0 Å². The van der Waals surface area contributed by atoms with Crippen molar-refractivity contribution in [3.63, 3.8) is 0 Å². The van der Waals surface area contributed by atoms with Gasteiger partial charge in [-0.25, -0.2) is 4.21 Å². The molecule has 0 aromatic heterocycles. The van der Waals surface area contributed by atoms with Crippen molar-refractivity contribution < 1.29 is 29.8 Å². The second-order valence-electron chi connectivity index (χ2n) is 3.73. The molecule has 0 aliphatic carbocycles. The van der Waals surface area contributed by atoms with Crippen molar-refractivity contribution in [3.05, 3.63) is 60.2 Å². The Labute approximate surface area is 126 Å². The van der Waals surface area contributed by atoms with Gasteiger partial charge in [0, 0.05) is 5.56 Å². The van der Waals surface area contributed by atoms with Crippen molar-refractivity contribution in [2.24, 2.45) is 0 Å². The third kappa shape index (κ3) is 5.39. The molecule has 19 heavy (non-hydrogen) atoms. The maximum absolute atomic E-state index is 10.5. The van der Waals surface area contributed by atoms with Crippen molar-refractivity contribution >= 4 is 19.4 Å². The van der Waals surface area contributed by atoms with Gasteiger partial charge in [0.2, 0.25) is 16.1 Å². The average molecular weight is 338 g/mol. The molecule has 0 N–H and O–H groups in total. The standard InChI is InChI=1S/C13H12O3S2.Ni/c14-18(15,16)17-10-11-6-8-13(9-7-11)12-4-2-1-3-5-12;/h1-9H,10H2,(H-,14,15,16);/q;+2/p-1. The Morgan fingerprint density at radius 1 is 0.895 bits per heavy atom. The van der Waals surface area contributed by atoms with E-state index in [2.05, 4.69) is 0 Å². The molecule has 2 aromatic rings. The van der Waals surface area contributed by atoms with Gasteiger partial charge in [-0.3, -0.25) is 0 Å². The van der Waals surface area contributed by atoms with Crippen LogP contribution in [-0.2, 0) is 41.6 Å². The summed E-state index contributed by atoms with van der Waals surface area (Å²) in [6, 6.07) is 17.4. The summed E-state index contributed by atoms with van der Waals surface area (Å²) < 4.78 is 31.5. The van der Waals surface area contributed by atoms with E-state index in [-0.39, 0.29) is 22.2 Å². The predicted octanol–water partition coefficient (Wildman–Crippen LogP) is 2.39. The molecular weight excluding hydrogens is 327 g/mol. The molecule has 0 unspecified atom stereocenters. The SMILES string of the molecule is O=S([O-])([O-])=[S+]Cc1ccc(-c2ccccc2)cc1.[Ni+2]. The minimum absolute atomic E-state index is 0. The van der Waals surface area contributed by atoms with Crippen LogP contribution in [0.25, 0.3) is 11.1 Å². The van der Waals surface area contributed by atoms with Crippen LogP contribution in [0.15, 0.2) is 54.6 Å². The summed E-state index contributed by atoms with van der Waals surface area (Å²) in [5.74, 6) is 0.181. The molecule has 0 aliphatic heterocycles. The molecule has 0 saturated heterocycles. The first-order valence-electron chi connectivity index (χ1n) is 5.29. The van der Waals surface area contributed by atoms with E-state index in [4.69, 9.17) is 0 Å². The monoisotopic (exact) mass is 337 g/mol. The number of benzene rings is 2. The number of hydrogen-bond donors (Lipinski definition) is 0. The van der Waals surface area contributed by atoms with Gasteiger partial charge in [-0.1, -0.05) is 54.6 Å². The van der Waals surface area contributed by atoms with Gasteiger partial charge in [-0.2, -0.15) is 0 Å². The summed E-state index contributed by atoms with van der Waals surface area (Å²) in [5, 5.41) is 0. The van der Waals surface area contributed by atoms with Crippen LogP contribution in [0, 0.1) is 0 Å². The third-order valence-corrected chi connectivity index (χ3v) is 4.39. The van der Waals surface area contributed by atoms with E-state index in [1.54, 1.807) is 0 Å². The van der Waals surface area contributed by atoms with Crippen molar-refractivity contribution in [1.82, 2.24) is 0 Å². The van der Waals surface area contributed by atoms with E-state index in [9.17, 15) is 13.3 Å².